The van der Waals surface area contributed by atoms with Gasteiger partial charge in [-0.15, -0.1) is 0 Å². The van der Waals surface area contributed by atoms with Crippen molar-refractivity contribution in [3.63, 3.8) is 0 Å². The van der Waals surface area contributed by atoms with E-state index in [2.05, 4.69) is 0 Å². The van der Waals surface area contributed by atoms with Crippen molar-refractivity contribution in [2.75, 3.05) is 0 Å². The molecule has 0 fully saturated rings. The Balaban J connectivity index is -0.0000000910. The molecule has 0 aromatic heterocycles. The molecule has 0 bridgehead atoms. The Bertz CT molecular complexity index is 154. The summed E-state index contributed by atoms with van der Waals surface area (Å²) in [5.41, 5.74) is 0. The predicted octanol–water partition coefficient (Wildman–Crippen LogP) is -0.974. The van der Waals surface area contributed by atoms with E-state index in [4.69, 9.17) is 30.8 Å². The summed E-state index contributed by atoms with van der Waals surface area (Å²) < 4.78 is 54.4. The molecule has 0 aliphatic rings. The molecule has 0 heterocycles. The SMILES string of the molecule is O=S(=O)(O)O.O=S(O)O.[Fe]. The van der Waals surface area contributed by atoms with Crippen LogP contribution >= 0.6 is 0 Å². The van der Waals surface area contributed by atoms with E-state index in [1.54, 1.807) is 0 Å². The molecule has 0 amide bonds. The second-order valence-corrected chi connectivity index (χ2v) is 2.04. The standard InChI is InChI=1S/Fe.H2O4S.H2O3S/c;1-5(2,3)4;1-4(2)3/h;(H2,1,2,3,4);(H2,1,2,3). The second kappa shape index (κ2) is 7.57. The van der Waals surface area contributed by atoms with Gasteiger partial charge >= 0.3 is 10.4 Å². The van der Waals surface area contributed by atoms with Gasteiger partial charge in [-0.2, -0.15) is 12.6 Å². The van der Waals surface area contributed by atoms with Crippen LogP contribution in [0.2, 0.25) is 0 Å². The van der Waals surface area contributed by atoms with Crippen LogP contribution in [0, 0.1) is 0 Å². The zero-order valence-electron chi connectivity index (χ0n) is 4.18. The van der Waals surface area contributed by atoms with Crippen LogP contribution in [0.15, 0.2) is 0 Å². The summed E-state index contributed by atoms with van der Waals surface area (Å²) in [6, 6.07) is 0. The van der Waals surface area contributed by atoms with Gasteiger partial charge in [-0.25, -0.2) is 0 Å². The molecule has 0 saturated carbocycles. The van der Waals surface area contributed by atoms with E-state index in [0.717, 1.165) is 0 Å². The van der Waals surface area contributed by atoms with Gasteiger partial charge in [-0.05, 0) is 0 Å². The van der Waals surface area contributed by atoms with Gasteiger partial charge in [0.25, 0.3) is 11.4 Å². The first-order chi connectivity index (χ1) is 3.73. The average molecular weight is 236 g/mol. The van der Waals surface area contributed by atoms with Gasteiger partial charge in [0, 0.05) is 17.1 Å². The smallest absolute Gasteiger partial charge is 0.284 e. The fraction of sp³-hybridized carbons (Fsp3) is 0. The van der Waals surface area contributed by atoms with Crippen molar-refractivity contribution in [3.05, 3.63) is 0 Å². The third kappa shape index (κ3) is 2230. The van der Waals surface area contributed by atoms with Crippen LogP contribution in [-0.4, -0.2) is 30.8 Å². The minimum Gasteiger partial charge on any atom is -0.284 e. The zero-order valence-corrected chi connectivity index (χ0v) is 6.92. The van der Waals surface area contributed by atoms with Crippen molar-refractivity contribution < 1.29 is 47.9 Å². The van der Waals surface area contributed by atoms with Gasteiger partial charge in [-0.3, -0.25) is 18.2 Å². The first-order valence-electron chi connectivity index (χ1n) is 1.23. The van der Waals surface area contributed by atoms with Crippen LogP contribution in [-0.2, 0) is 38.8 Å². The largest absolute Gasteiger partial charge is 0.394 e. The van der Waals surface area contributed by atoms with Gasteiger partial charge < -0.3 is 0 Å². The molecule has 10 heteroatoms. The molecule has 0 unspecified atom stereocenters. The van der Waals surface area contributed by atoms with Crippen LogP contribution < -0.4 is 0 Å². The molecule has 0 aliphatic heterocycles. The Morgan fingerprint density at radius 1 is 1.10 bits per heavy atom. The molecule has 0 spiro atoms. The number of hydrogen-bond donors (Lipinski definition) is 4. The molecule has 0 aromatic rings. The van der Waals surface area contributed by atoms with Crippen LogP contribution in [0.1, 0.15) is 0 Å². The average Bonchev–Trinajstić information content (AvgIpc) is 1.19. The maximum Gasteiger partial charge on any atom is 0.394 e. The van der Waals surface area contributed by atoms with Crippen molar-refractivity contribution in [1.29, 1.82) is 0 Å². The van der Waals surface area contributed by atoms with E-state index in [0.29, 0.717) is 0 Å². The van der Waals surface area contributed by atoms with Gasteiger partial charge in [0.05, 0.1) is 0 Å². The molecule has 0 atom stereocenters. The fourth-order valence-corrected chi connectivity index (χ4v) is 0. The molecule has 66 valence electrons. The molecule has 4 N–H and O–H groups in total. The van der Waals surface area contributed by atoms with E-state index in [1.165, 1.54) is 0 Å². The van der Waals surface area contributed by atoms with E-state index in [-0.39, 0.29) is 17.1 Å². The monoisotopic (exact) mass is 236 g/mol. The van der Waals surface area contributed by atoms with Gasteiger partial charge in [-0.1, -0.05) is 0 Å². The van der Waals surface area contributed by atoms with Crippen LogP contribution in [0.5, 0.6) is 0 Å². The topological polar surface area (TPSA) is 132 Å². The summed E-state index contributed by atoms with van der Waals surface area (Å²) in [6.45, 7) is 0. The zero-order chi connectivity index (χ0) is 8.08. The summed E-state index contributed by atoms with van der Waals surface area (Å²) in [4.78, 5) is 0. The number of rotatable bonds is 0. The second-order valence-electron chi connectivity index (χ2n) is 0.679. The van der Waals surface area contributed by atoms with Crippen LogP contribution in [0.4, 0.5) is 0 Å². The van der Waals surface area contributed by atoms with Crippen LogP contribution in [0.25, 0.3) is 0 Å². The Labute approximate surface area is 70.0 Å². The summed E-state index contributed by atoms with van der Waals surface area (Å²) in [7, 11) is -4.67. The Morgan fingerprint density at radius 2 is 1.10 bits per heavy atom. The minimum atomic E-state index is -4.67. The first-order valence-corrected chi connectivity index (χ1v) is 3.69. The van der Waals surface area contributed by atoms with Crippen molar-refractivity contribution in [1.82, 2.24) is 0 Å². The van der Waals surface area contributed by atoms with Crippen molar-refractivity contribution in [2.24, 2.45) is 0 Å². The van der Waals surface area contributed by atoms with Crippen molar-refractivity contribution in [2.45, 2.75) is 0 Å². The molecule has 10 heavy (non-hydrogen) atoms. The molecule has 0 radical (unpaired) electrons. The fourth-order valence-electron chi connectivity index (χ4n) is 0. The maximum absolute atomic E-state index is 8.74. The Morgan fingerprint density at radius 3 is 1.10 bits per heavy atom. The Kier molecular flexibility index (Phi) is 12.7. The van der Waals surface area contributed by atoms with Gasteiger partial charge in [0.1, 0.15) is 0 Å². The summed E-state index contributed by atoms with van der Waals surface area (Å²) in [5, 5.41) is 0. The quantitative estimate of drug-likeness (QED) is 0.241. The molecule has 0 rings (SSSR count). The molecule has 0 aromatic carbocycles. The summed E-state index contributed by atoms with van der Waals surface area (Å²) >= 11 is -2.61. The molecule has 7 nitrogen and oxygen atoms in total. The third-order valence-corrected chi connectivity index (χ3v) is 0. The van der Waals surface area contributed by atoms with E-state index in [1.807, 2.05) is 0 Å². The van der Waals surface area contributed by atoms with Crippen LogP contribution in [0.3, 0.4) is 0 Å². The normalized spacial score (nSPS) is 9.30. The number of hydrogen-bond acceptors (Lipinski definition) is 3. The van der Waals surface area contributed by atoms with Crippen molar-refractivity contribution >= 4 is 21.8 Å². The first kappa shape index (κ1) is 16.8. The third-order valence-electron chi connectivity index (χ3n) is 0. The van der Waals surface area contributed by atoms with Gasteiger partial charge in [0.15, 0.2) is 0 Å². The molecular formula is H4FeO7S2. The molecule has 0 saturated heterocycles. The van der Waals surface area contributed by atoms with Crippen molar-refractivity contribution in [3.8, 4) is 0 Å². The van der Waals surface area contributed by atoms with E-state index in [9.17, 15) is 0 Å². The van der Waals surface area contributed by atoms with E-state index >= 15 is 0 Å². The predicted molar refractivity (Wildman–Crippen MR) is 27.6 cm³/mol. The van der Waals surface area contributed by atoms with Gasteiger partial charge in [0.2, 0.25) is 0 Å². The minimum absolute atomic E-state index is 0. The maximum atomic E-state index is 8.74. The summed E-state index contributed by atoms with van der Waals surface area (Å²) in [5.74, 6) is 0. The molecular weight excluding hydrogens is 232 g/mol. The van der Waals surface area contributed by atoms with E-state index < -0.39 is 21.8 Å². The molecule has 0 aliphatic carbocycles. The summed E-state index contributed by atoms with van der Waals surface area (Å²) in [6.07, 6.45) is 0. The Hall–Kier alpha value is 0.459.